The number of aromatic nitrogens is 2. The van der Waals surface area contributed by atoms with Gasteiger partial charge in [-0.1, -0.05) is 141 Å². The Morgan fingerprint density at radius 3 is 2.00 bits per heavy atom. The van der Waals surface area contributed by atoms with Crippen molar-refractivity contribution in [3.8, 4) is 28.4 Å². The maximum absolute atomic E-state index is 6.92. The molecule has 304 valence electrons. The van der Waals surface area contributed by atoms with Crippen molar-refractivity contribution < 1.29 is 25.8 Å². The van der Waals surface area contributed by atoms with Crippen LogP contribution < -0.4 is 13.9 Å². The van der Waals surface area contributed by atoms with Crippen molar-refractivity contribution in [1.29, 1.82) is 0 Å². The maximum Gasteiger partial charge on any atom is 0.225 e. The van der Waals surface area contributed by atoms with Crippen LogP contribution in [-0.4, -0.2) is 9.55 Å². The number of rotatable bonds is 6. The van der Waals surface area contributed by atoms with E-state index in [2.05, 4.69) is 213 Å². The monoisotopic (exact) mass is 966 g/mol. The second-order valence-corrected chi connectivity index (χ2v) is 19.4. The summed E-state index contributed by atoms with van der Waals surface area (Å²) in [6.45, 7) is 22.8. The zero-order valence-electron chi connectivity index (χ0n) is 35.9. The molecule has 8 aromatic rings. The molecule has 0 radical (unpaired) electrons. The molecule has 0 saturated carbocycles. The summed E-state index contributed by atoms with van der Waals surface area (Å²) in [6, 6.07) is 55.8. The standard InChI is InChI=1S/C54H51N4O.Pt/c1-52(2,3)38-22-25-49-50(31-38)58(35-57(49,58)41-19-15-18-37(28-41)36-16-11-10-12-17-36)42-29-40(54(7,8)9)30-44(33-42)59-43-23-24-46-45-20-13-14-21-47(45)56(48(46)34-43)51-32-39(26-27-55-51)53(4,5)6;/h10-32,35H,1-9H3;/q-1;/t57-,58?;/m0./s1. The minimum Gasteiger partial charge on any atom is -0.509 e. The minimum atomic E-state index is -0.149. The number of hydrogen-bond donors (Lipinski definition) is 0. The molecule has 6 heteroatoms. The fourth-order valence-corrected chi connectivity index (χ4v) is 8.97. The first kappa shape index (κ1) is 40.1. The number of para-hydroxylation sites is 1. The Bertz CT molecular complexity index is 2960. The molecule has 0 N–H and O–H groups in total. The molecule has 0 spiro atoms. The zero-order chi connectivity index (χ0) is 41.1. The normalized spacial score (nSPS) is 18.4. The van der Waals surface area contributed by atoms with E-state index < -0.39 is 0 Å². The van der Waals surface area contributed by atoms with Crippen LogP contribution in [-0.2, 0) is 37.3 Å². The van der Waals surface area contributed by atoms with Gasteiger partial charge in [-0.2, -0.15) is 10.7 Å². The summed E-state index contributed by atoms with van der Waals surface area (Å²) in [6.07, 6.45) is 1.91. The van der Waals surface area contributed by atoms with Gasteiger partial charge in [-0.3, -0.25) is 0 Å². The Hall–Kier alpha value is -5.32. The van der Waals surface area contributed by atoms with E-state index in [9.17, 15) is 0 Å². The second kappa shape index (κ2) is 13.9. The Morgan fingerprint density at radius 2 is 1.25 bits per heavy atom. The molecule has 0 bridgehead atoms. The molecule has 5 nitrogen and oxygen atoms in total. The first-order valence-electron chi connectivity index (χ1n) is 20.7. The van der Waals surface area contributed by atoms with E-state index in [1.807, 2.05) is 12.3 Å². The van der Waals surface area contributed by atoms with Crippen LogP contribution in [0.25, 0.3) is 38.8 Å². The zero-order valence-corrected chi connectivity index (χ0v) is 38.1. The van der Waals surface area contributed by atoms with Crippen molar-refractivity contribution in [3.63, 3.8) is 0 Å². The third-order valence-electron chi connectivity index (χ3n) is 12.4. The molecule has 0 amide bonds. The van der Waals surface area contributed by atoms with Crippen LogP contribution in [0.3, 0.4) is 0 Å². The van der Waals surface area contributed by atoms with Crippen LogP contribution in [0.2, 0.25) is 0 Å². The molecular formula is C54H51N4OPt-. The van der Waals surface area contributed by atoms with Gasteiger partial charge in [-0.25, -0.2) is 9.58 Å². The second-order valence-electron chi connectivity index (χ2n) is 19.4. The van der Waals surface area contributed by atoms with E-state index in [0.29, 0.717) is 20.7 Å². The molecule has 6 aromatic carbocycles. The molecule has 0 aliphatic carbocycles. The van der Waals surface area contributed by atoms with E-state index >= 15 is 0 Å². The molecule has 2 aliphatic rings. The Kier molecular flexibility index (Phi) is 9.26. The molecule has 2 aliphatic heterocycles. The average molecular weight is 967 g/mol. The van der Waals surface area contributed by atoms with Gasteiger partial charge in [0, 0.05) is 68.5 Å². The van der Waals surface area contributed by atoms with Crippen LogP contribution in [0.1, 0.15) is 79.0 Å². The molecule has 1 fully saturated rings. The van der Waals surface area contributed by atoms with Crippen LogP contribution >= 0.6 is 0 Å². The molecule has 4 heterocycles. The summed E-state index contributed by atoms with van der Waals surface area (Å²) >= 11 is 0. The van der Waals surface area contributed by atoms with Crippen LogP contribution in [0, 0.1) is 18.8 Å². The number of pyridine rings is 1. The van der Waals surface area contributed by atoms with Crippen molar-refractivity contribution >= 4 is 44.6 Å². The third-order valence-corrected chi connectivity index (χ3v) is 12.4. The Labute approximate surface area is 369 Å². The van der Waals surface area contributed by atoms with E-state index in [-0.39, 0.29) is 37.3 Å². The predicted octanol–water partition coefficient (Wildman–Crippen LogP) is 14.5. The van der Waals surface area contributed by atoms with Gasteiger partial charge < -0.3 is 9.30 Å². The average Bonchev–Trinajstić information content (AvgIpc) is 3.71. The van der Waals surface area contributed by atoms with Crippen molar-refractivity contribution in [2.45, 2.75) is 78.6 Å². The van der Waals surface area contributed by atoms with Crippen molar-refractivity contribution in [2.24, 2.45) is 0 Å². The summed E-state index contributed by atoms with van der Waals surface area (Å²) in [4.78, 5) is 4.89. The minimum absolute atomic E-state index is 0. The molecule has 10 rings (SSSR count). The topological polar surface area (TPSA) is 27.1 Å². The number of quaternary nitrogens is 2. The van der Waals surface area contributed by atoms with Crippen LogP contribution in [0.5, 0.6) is 11.5 Å². The summed E-state index contributed by atoms with van der Waals surface area (Å²) in [5.74, 6) is 2.17. The van der Waals surface area contributed by atoms with Gasteiger partial charge in [0.2, 0.25) is 11.4 Å². The quantitative estimate of drug-likeness (QED) is 0.0943. The first-order chi connectivity index (χ1) is 28.1. The molecular weight excluding hydrogens is 916 g/mol. The SMILES string of the molecule is CC(C)(C)c1cc(Oc2[c-]c3c(cc2)c2ccccc2n3-c2cc(C(C)(C)C)ccn2)[c-]c([N+]23[CH-][N@+]2(c2cccc(-c4ccccc4)c2)c2ccc(C(C)(C)C)cc23)c1.[Pt]. The number of hydrogen-bond acceptors (Lipinski definition) is 2. The van der Waals surface area contributed by atoms with E-state index in [0.717, 1.165) is 33.3 Å². The fraction of sp³-hybridized carbons (Fsp3) is 0.222. The van der Waals surface area contributed by atoms with E-state index in [1.165, 1.54) is 44.9 Å². The molecule has 60 heavy (non-hydrogen) atoms. The Morgan fingerprint density at radius 1 is 0.550 bits per heavy atom. The summed E-state index contributed by atoms with van der Waals surface area (Å²) in [5, 5.41) is 2.26. The van der Waals surface area contributed by atoms with Gasteiger partial charge >= 0.3 is 0 Å². The van der Waals surface area contributed by atoms with Gasteiger partial charge in [0.1, 0.15) is 5.82 Å². The van der Waals surface area contributed by atoms with E-state index in [4.69, 9.17) is 9.72 Å². The summed E-state index contributed by atoms with van der Waals surface area (Å²) in [5.41, 5.74) is 12.8. The molecule has 2 aromatic heterocycles. The van der Waals surface area contributed by atoms with E-state index in [1.54, 1.807) is 0 Å². The molecule has 1 unspecified atom stereocenters. The smallest absolute Gasteiger partial charge is 0.225 e. The van der Waals surface area contributed by atoms with Crippen LogP contribution in [0.15, 0.2) is 140 Å². The van der Waals surface area contributed by atoms with Crippen molar-refractivity contribution in [2.75, 3.05) is 0 Å². The number of fused-ring (bicyclic) bond motifs is 7. The Balaban J connectivity index is 0.00000462. The number of nitrogens with zero attached hydrogens (tertiary/aromatic N) is 4. The first-order valence-corrected chi connectivity index (χ1v) is 20.7. The van der Waals surface area contributed by atoms with Gasteiger partial charge in [0.25, 0.3) is 0 Å². The van der Waals surface area contributed by atoms with Crippen LogP contribution in [0.4, 0.5) is 22.7 Å². The number of benzene rings is 6. The van der Waals surface area contributed by atoms with Gasteiger partial charge in [-0.15, -0.1) is 35.2 Å². The predicted molar refractivity (Wildman–Crippen MR) is 244 cm³/mol. The van der Waals surface area contributed by atoms with Gasteiger partial charge in [0.05, 0.1) is 5.69 Å². The summed E-state index contributed by atoms with van der Waals surface area (Å²) < 4.78 is 10.3. The molecule has 1 saturated heterocycles. The maximum atomic E-state index is 6.92. The largest absolute Gasteiger partial charge is 0.509 e. The van der Waals surface area contributed by atoms with Crippen molar-refractivity contribution in [3.05, 3.63) is 175 Å². The fourth-order valence-electron chi connectivity index (χ4n) is 8.97. The van der Waals surface area contributed by atoms with Gasteiger partial charge in [0.15, 0.2) is 12.4 Å². The number of ether oxygens (including phenoxy) is 1. The van der Waals surface area contributed by atoms with Crippen molar-refractivity contribution in [1.82, 2.24) is 18.7 Å². The summed E-state index contributed by atoms with van der Waals surface area (Å²) in [7, 11) is 0. The van der Waals surface area contributed by atoms with Gasteiger partial charge in [-0.05, 0) is 62.1 Å². The molecule has 2 atom stereocenters. The third kappa shape index (κ3) is 6.20.